The minimum Gasteiger partial charge on any atom is -0.472 e. The minimum atomic E-state index is -0.340. The molecule has 1 saturated carbocycles. The molecule has 7 heteroatoms. The molecule has 2 fully saturated rings. The number of anilines is 1. The van der Waals surface area contributed by atoms with Gasteiger partial charge >= 0.3 is 0 Å². The Labute approximate surface area is 173 Å². The highest BCUT2D eigenvalue weighted by molar-refractivity contribution is 6.33. The smallest absolute Gasteiger partial charge is 0.148 e. The van der Waals surface area contributed by atoms with Crippen molar-refractivity contribution in [1.29, 1.82) is 0 Å². The fourth-order valence-corrected chi connectivity index (χ4v) is 4.96. The summed E-state index contributed by atoms with van der Waals surface area (Å²) in [6, 6.07) is 10.4. The maximum absolute atomic E-state index is 13.5. The number of rotatable bonds is 5. The van der Waals surface area contributed by atoms with Crippen molar-refractivity contribution < 1.29 is 8.81 Å². The van der Waals surface area contributed by atoms with E-state index in [4.69, 9.17) is 16.0 Å². The molecule has 1 aromatic carbocycles. The molecular formula is C22H22ClFN4O. The number of halogens is 2. The van der Waals surface area contributed by atoms with Crippen molar-refractivity contribution in [3.05, 3.63) is 65.3 Å². The molecule has 0 radical (unpaired) electrons. The predicted molar refractivity (Wildman–Crippen MR) is 110 cm³/mol. The first kappa shape index (κ1) is 18.6. The number of fused-ring (bicyclic) bond motifs is 1. The Morgan fingerprint density at radius 3 is 2.62 bits per heavy atom. The van der Waals surface area contributed by atoms with Gasteiger partial charge in [0.1, 0.15) is 11.6 Å². The highest BCUT2D eigenvalue weighted by Gasteiger charge is 2.40. The third-order valence-corrected chi connectivity index (χ3v) is 6.36. The van der Waals surface area contributed by atoms with E-state index in [0.29, 0.717) is 22.3 Å². The molecule has 150 valence electrons. The zero-order valence-corrected chi connectivity index (χ0v) is 16.6. The van der Waals surface area contributed by atoms with Crippen molar-refractivity contribution in [2.45, 2.75) is 25.4 Å². The number of nitrogens with zero attached hydrogens (tertiary/aromatic N) is 3. The van der Waals surface area contributed by atoms with Crippen LogP contribution in [0.15, 0.2) is 53.3 Å². The van der Waals surface area contributed by atoms with E-state index in [0.717, 1.165) is 50.1 Å². The lowest BCUT2D eigenvalue weighted by atomic mass is 10.0. The van der Waals surface area contributed by atoms with E-state index in [1.54, 1.807) is 6.26 Å². The average Bonchev–Trinajstić information content (AvgIpc) is 3.42. The van der Waals surface area contributed by atoms with Crippen molar-refractivity contribution >= 4 is 17.4 Å². The third-order valence-electron chi connectivity index (χ3n) is 6.03. The van der Waals surface area contributed by atoms with Crippen LogP contribution in [0.2, 0.25) is 5.02 Å². The van der Waals surface area contributed by atoms with Gasteiger partial charge in [-0.15, -0.1) is 10.2 Å². The van der Waals surface area contributed by atoms with Gasteiger partial charge in [0.25, 0.3) is 0 Å². The second kappa shape index (κ2) is 7.76. The van der Waals surface area contributed by atoms with Crippen LogP contribution in [0.5, 0.6) is 0 Å². The molecule has 5 nitrogen and oxygen atoms in total. The van der Waals surface area contributed by atoms with E-state index in [1.165, 1.54) is 23.8 Å². The molecule has 3 heterocycles. The van der Waals surface area contributed by atoms with Crippen LogP contribution < -0.4 is 5.32 Å². The predicted octanol–water partition coefficient (Wildman–Crippen LogP) is 4.85. The van der Waals surface area contributed by atoms with Crippen molar-refractivity contribution in [1.82, 2.24) is 15.1 Å². The molecule has 1 saturated heterocycles. The lowest BCUT2D eigenvalue weighted by Crippen LogP contribution is -2.25. The van der Waals surface area contributed by atoms with E-state index in [2.05, 4.69) is 20.4 Å². The van der Waals surface area contributed by atoms with Crippen LogP contribution in [-0.4, -0.2) is 34.2 Å². The fraction of sp³-hybridized carbons (Fsp3) is 0.364. The van der Waals surface area contributed by atoms with E-state index in [-0.39, 0.29) is 5.82 Å². The molecule has 0 amide bonds. The van der Waals surface area contributed by atoms with Crippen LogP contribution >= 0.6 is 11.6 Å². The minimum absolute atomic E-state index is 0.340. The first-order valence-electron chi connectivity index (χ1n) is 9.93. The summed E-state index contributed by atoms with van der Waals surface area (Å²) >= 11 is 6.16. The SMILES string of the molecule is Fc1ccc(Cl)c(-c2ccc(NC3CC4CN(Cc5ccoc5)C[C@H]4C3)nn2)c1. The average molecular weight is 413 g/mol. The fourth-order valence-electron chi connectivity index (χ4n) is 4.74. The summed E-state index contributed by atoms with van der Waals surface area (Å²) in [5.41, 5.74) is 2.37. The summed E-state index contributed by atoms with van der Waals surface area (Å²) in [5, 5.41) is 12.5. The first-order valence-corrected chi connectivity index (χ1v) is 10.3. The summed E-state index contributed by atoms with van der Waals surface area (Å²) in [5.74, 6) is 1.85. The lowest BCUT2D eigenvalue weighted by Gasteiger charge is -2.19. The Balaban J connectivity index is 1.18. The van der Waals surface area contributed by atoms with Gasteiger partial charge in [-0.05, 0) is 61.1 Å². The second-order valence-corrected chi connectivity index (χ2v) is 8.49. The summed E-state index contributed by atoms with van der Waals surface area (Å²) in [7, 11) is 0. The van der Waals surface area contributed by atoms with Crippen molar-refractivity contribution in [3.63, 3.8) is 0 Å². The summed E-state index contributed by atoms with van der Waals surface area (Å²) in [4.78, 5) is 2.52. The molecule has 3 aromatic rings. The monoisotopic (exact) mass is 412 g/mol. The molecule has 2 aliphatic rings. The van der Waals surface area contributed by atoms with E-state index in [9.17, 15) is 4.39 Å². The van der Waals surface area contributed by atoms with Gasteiger partial charge in [-0.1, -0.05) is 11.6 Å². The normalized spacial score (nSPS) is 24.0. The standard InChI is InChI=1S/C22H22ClFN4O/c23-20-2-1-17(24)9-19(20)21-3-4-22(27-26-21)25-18-7-15-11-28(12-16(15)8-18)10-14-5-6-29-13-14/h1-6,9,13,15-16,18H,7-8,10-12H2,(H,25,27)/t15-,16?,18?/m1/s1. The highest BCUT2D eigenvalue weighted by atomic mass is 35.5. The van der Waals surface area contributed by atoms with E-state index in [1.807, 2.05) is 24.5 Å². The maximum Gasteiger partial charge on any atom is 0.148 e. The zero-order chi connectivity index (χ0) is 19.8. The Bertz CT molecular complexity index is 965. The second-order valence-electron chi connectivity index (χ2n) is 8.09. The summed E-state index contributed by atoms with van der Waals surface area (Å²) in [6.07, 6.45) is 5.86. The lowest BCUT2D eigenvalue weighted by molar-refractivity contribution is 0.300. The molecule has 0 bridgehead atoms. The highest BCUT2D eigenvalue weighted by Crippen LogP contribution is 2.39. The molecule has 2 aromatic heterocycles. The molecule has 0 spiro atoms. The van der Waals surface area contributed by atoms with Crippen molar-refractivity contribution in [3.8, 4) is 11.3 Å². The molecule has 1 aliphatic carbocycles. The Hall–Kier alpha value is -2.44. The Morgan fingerprint density at radius 2 is 1.93 bits per heavy atom. The molecule has 29 heavy (non-hydrogen) atoms. The number of aromatic nitrogens is 2. The van der Waals surface area contributed by atoms with E-state index < -0.39 is 0 Å². The van der Waals surface area contributed by atoms with E-state index >= 15 is 0 Å². The van der Waals surface area contributed by atoms with Gasteiger partial charge < -0.3 is 9.73 Å². The van der Waals surface area contributed by atoms with Gasteiger partial charge in [0.2, 0.25) is 0 Å². The summed E-state index contributed by atoms with van der Waals surface area (Å²) < 4.78 is 18.7. The zero-order valence-electron chi connectivity index (χ0n) is 15.9. The molecular weight excluding hydrogens is 391 g/mol. The number of hydrogen-bond acceptors (Lipinski definition) is 5. The van der Waals surface area contributed by atoms with Crippen LogP contribution in [-0.2, 0) is 6.54 Å². The molecule has 1 aliphatic heterocycles. The molecule has 1 N–H and O–H groups in total. The van der Waals surface area contributed by atoms with Crippen molar-refractivity contribution in [2.75, 3.05) is 18.4 Å². The topological polar surface area (TPSA) is 54.2 Å². The van der Waals surface area contributed by atoms with Crippen LogP contribution in [0.3, 0.4) is 0 Å². The quantitative estimate of drug-likeness (QED) is 0.649. The van der Waals surface area contributed by atoms with Crippen LogP contribution in [0.25, 0.3) is 11.3 Å². The van der Waals surface area contributed by atoms with Gasteiger partial charge in [0, 0.05) is 36.8 Å². The van der Waals surface area contributed by atoms with Gasteiger partial charge in [0.05, 0.1) is 23.2 Å². The Kier molecular flexibility index (Phi) is 4.97. The van der Waals surface area contributed by atoms with Crippen LogP contribution in [0.1, 0.15) is 18.4 Å². The maximum atomic E-state index is 13.5. The Morgan fingerprint density at radius 1 is 1.10 bits per heavy atom. The van der Waals surface area contributed by atoms with Crippen LogP contribution in [0, 0.1) is 17.7 Å². The number of furan rings is 1. The number of benzene rings is 1. The third kappa shape index (κ3) is 4.00. The van der Waals surface area contributed by atoms with Gasteiger partial charge in [-0.2, -0.15) is 0 Å². The van der Waals surface area contributed by atoms with Gasteiger partial charge in [-0.3, -0.25) is 4.90 Å². The van der Waals surface area contributed by atoms with Gasteiger partial charge in [-0.25, -0.2) is 4.39 Å². The van der Waals surface area contributed by atoms with Crippen molar-refractivity contribution in [2.24, 2.45) is 11.8 Å². The molecule has 3 atom stereocenters. The molecule has 5 rings (SSSR count). The molecule has 2 unspecified atom stereocenters. The van der Waals surface area contributed by atoms with Gasteiger partial charge in [0.15, 0.2) is 0 Å². The summed E-state index contributed by atoms with van der Waals surface area (Å²) in [6.45, 7) is 3.24. The largest absolute Gasteiger partial charge is 0.472 e. The number of nitrogens with one attached hydrogen (secondary N) is 1. The van der Waals surface area contributed by atoms with Crippen LogP contribution in [0.4, 0.5) is 10.2 Å². The number of hydrogen-bond donors (Lipinski definition) is 1. The number of likely N-dealkylation sites (tertiary alicyclic amines) is 1. The first-order chi connectivity index (χ1) is 14.1.